The van der Waals surface area contributed by atoms with Crippen LogP contribution in [0.3, 0.4) is 0 Å². The zero-order valence-corrected chi connectivity index (χ0v) is 17.4. The molecule has 0 aromatic heterocycles. The topological polar surface area (TPSA) is 75.7 Å². The Hall–Kier alpha value is -2.54. The number of amides is 1. The molecular weight excluding hydrogens is 376 g/mol. The van der Waals surface area contributed by atoms with Crippen LogP contribution in [0.1, 0.15) is 31.2 Å². The van der Waals surface area contributed by atoms with E-state index in [4.69, 9.17) is 4.74 Å². The van der Waals surface area contributed by atoms with Gasteiger partial charge >= 0.3 is 0 Å². The van der Waals surface area contributed by atoms with E-state index in [1.807, 2.05) is 30.3 Å². The first-order valence-corrected chi connectivity index (χ1v) is 11.1. The third-order valence-corrected chi connectivity index (χ3v) is 5.67. The van der Waals surface area contributed by atoms with Gasteiger partial charge in [0.2, 0.25) is 15.9 Å². The van der Waals surface area contributed by atoms with Crippen LogP contribution in [-0.2, 0) is 14.8 Å². The van der Waals surface area contributed by atoms with Crippen LogP contribution in [0.25, 0.3) is 0 Å². The van der Waals surface area contributed by atoms with Gasteiger partial charge in [-0.2, -0.15) is 0 Å². The number of carbonyl (C=O) groups excluding carboxylic acids is 1. The molecular formula is C21H28N2O4S. The van der Waals surface area contributed by atoms with Crippen LogP contribution in [0.15, 0.2) is 54.6 Å². The summed E-state index contributed by atoms with van der Waals surface area (Å²) in [6.45, 7) is 2.84. The second-order valence-electron chi connectivity index (χ2n) is 6.76. The highest BCUT2D eigenvalue weighted by atomic mass is 32.2. The lowest BCUT2D eigenvalue weighted by atomic mass is 10.0. The molecule has 0 saturated carbocycles. The predicted molar refractivity (Wildman–Crippen MR) is 112 cm³/mol. The Balaban J connectivity index is 1.87. The Kier molecular flexibility index (Phi) is 7.87. The van der Waals surface area contributed by atoms with Crippen molar-refractivity contribution in [3.63, 3.8) is 0 Å². The van der Waals surface area contributed by atoms with E-state index in [-0.39, 0.29) is 24.8 Å². The van der Waals surface area contributed by atoms with E-state index in [0.29, 0.717) is 24.4 Å². The number of nitrogens with one attached hydrogen (secondary N) is 1. The van der Waals surface area contributed by atoms with Gasteiger partial charge in [-0.3, -0.25) is 9.10 Å². The lowest BCUT2D eigenvalue weighted by molar-refractivity contribution is -0.121. The number of nitrogens with zero attached hydrogens (tertiary/aromatic N) is 1. The number of ether oxygens (including phenoxy) is 1. The molecule has 0 aliphatic carbocycles. The van der Waals surface area contributed by atoms with Crippen LogP contribution in [0.5, 0.6) is 5.75 Å². The van der Waals surface area contributed by atoms with Crippen LogP contribution in [0, 0.1) is 0 Å². The minimum Gasteiger partial charge on any atom is -0.497 e. The summed E-state index contributed by atoms with van der Waals surface area (Å²) < 4.78 is 30.8. The molecule has 0 aliphatic heterocycles. The van der Waals surface area contributed by atoms with E-state index in [2.05, 4.69) is 12.2 Å². The van der Waals surface area contributed by atoms with Crippen molar-refractivity contribution in [1.29, 1.82) is 0 Å². The lowest BCUT2D eigenvalue weighted by Crippen LogP contribution is -2.32. The monoisotopic (exact) mass is 404 g/mol. The first-order chi connectivity index (χ1) is 13.3. The zero-order valence-electron chi connectivity index (χ0n) is 16.6. The highest BCUT2D eigenvalue weighted by Crippen LogP contribution is 2.23. The van der Waals surface area contributed by atoms with Crippen LogP contribution in [-0.4, -0.2) is 40.8 Å². The maximum atomic E-state index is 12.2. The molecule has 1 atom stereocenters. The van der Waals surface area contributed by atoms with Crippen molar-refractivity contribution in [3.8, 4) is 5.75 Å². The van der Waals surface area contributed by atoms with Crippen LogP contribution in [0.2, 0.25) is 0 Å². The van der Waals surface area contributed by atoms with E-state index in [0.717, 1.165) is 6.26 Å². The maximum Gasteiger partial charge on any atom is 0.232 e. The molecule has 1 amide bonds. The fourth-order valence-corrected chi connectivity index (χ4v) is 3.85. The van der Waals surface area contributed by atoms with E-state index >= 15 is 0 Å². The predicted octanol–water partition coefficient (Wildman–Crippen LogP) is 3.16. The Labute approximate surface area is 167 Å². The summed E-state index contributed by atoms with van der Waals surface area (Å²) in [5, 5.41) is 2.92. The van der Waals surface area contributed by atoms with Gasteiger partial charge in [0.15, 0.2) is 0 Å². The molecule has 0 aliphatic rings. The highest BCUT2D eigenvalue weighted by molar-refractivity contribution is 7.92. The van der Waals surface area contributed by atoms with Gasteiger partial charge in [-0.05, 0) is 30.0 Å². The van der Waals surface area contributed by atoms with Gasteiger partial charge in [-0.25, -0.2) is 8.42 Å². The second-order valence-corrected chi connectivity index (χ2v) is 8.66. The van der Waals surface area contributed by atoms with Gasteiger partial charge in [0, 0.05) is 25.6 Å². The molecule has 2 rings (SSSR count). The first-order valence-electron chi connectivity index (χ1n) is 9.24. The number of sulfonamides is 1. The van der Waals surface area contributed by atoms with Gasteiger partial charge in [0.1, 0.15) is 5.75 Å². The van der Waals surface area contributed by atoms with Crippen molar-refractivity contribution in [2.45, 2.75) is 25.7 Å². The number of rotatable bonds is 10. The zero-order chi connectivity index (χ0) is 20.6. The van der Waals surface area contributed by atoms with Gasteiger partial charge in [0.25, 0.3) is 0 Å². The third-order valence-electron chi connectivity index (χ3n) is 4.48. The molecule has 0 heterocycles. The van der Waals surface area contributed by atoms with Crippen molar-refractivity contribution in [3.05, 3.63) is 60.2 Å². The third kappa shape index (κ3) is 6.56. The first kappa shape index (κ1) is 21.8. The number of carbonyl (C=O) groups is 1. The molecule has 152 valence electrons. The van der Waals surface area contributed by atoms with Crippen LogP contribution in [0.4, 0.5) is 5.69 Å². The molecule has 0 fully saturated rings. The summed E-state index contributed by atoms with van der Waals surface area (Å²) >= 11 is 0. The van der Waals surface area contributed by atoms with E-state index < -0.39 is 10.0 Å². The Morgan fingerprint density at radius 3 is 2.50 bits per heavy atom. The maximum absolute atomic E-state index is 12.2. The van der Waals surface area contributed by atoms with Crippen molar-refractivity contribution in [2.75, 3.05) is 30.8 Å². The minimum absolute atomic E-state index is 0.0816. The molecule has 6 nitrogen and oxygen atoms in total. The Bertz CT molecular complexity index is 869. The normalized spacial score (nSPS) is 12.2. The summed E-state index contributed by atoms with van der Waals surface area (Å²) in [5.41, 5.74) is 1.70. The number of benzene rings is 2. The van der Waals surface area contributed by atoms with Gasteiger partial charge < -0.3 is 10.1 Å². The van der Waals surface area contributed by atoms with E-state index in [1.165, 1.54) is 17.0 Å². The molecule has 2 aromatic carbocycles. The molecule has 0 saturated heterocycles. The molecule has 2 aromatic rings. The summed E-state index contributed by atoms with van der Waals surface area (Å²) in [4.78, 5) is 12.1. The average molecular weight is 405 g/mol. The number of hydrogen-bond donors (Lipinski definition) is 1. The van der Waals surface area contributed by atoms with Gasteiger partial charge in [-0.1, -0.05) is 43.3 Å². The van der Waals surface area contributed by atoms with Crippen molar-refractivity contribution in [2.24, 2.45) is 0 Å². The largest absolute Gasteiger partial charge is 0.497 e. The quantitative estimate of drug-likeness (QED) is 0.660. The molecule has 0 bridgehead atoms. The van der Waals surface area contributed by atoms with E-state index in [1.54, 1.807) is 24.3 Å². The summed E-state index contributed by atoms with van der Waals surface area (Å²) in [6, 6.07) is 16.9. The fourth-order valence-electron chi connectivity index (χ4n) is 2.89. The smallest absolute Gasteiger partial charge is 0.232 e. The number of hydrogen-bond acceptors (Lipinski definition) is 4. The number of methoxy groups -OCH3 is 1. The number of anilines is 1. The van der Waals surface area contributed by atoms with Gasteiger partial charge in [-0.15, -0.1) is 0 Å². The molecule has 7 heteroatoms. The van der Waals surface area contributed by atoms with Crippen LogP contribution < -0.4 is 14.4 Å². The van der Waals surface area contributed by atoms with Gasteiger partial charge in [0.05, 0.1) is 19.1 Å². The SMILES string of the molecule is COc1cccc(N(CCCC(=O)NC[C@H](C)c2ccccc2)S(C)(=O)=O)c1. The molecule has 0 radical (unpaired) electrons. The fraction of sp³-hybridized carbons (Fsp3) is 0.381. The summed E-state index contributed by atoms with van der Waals surface area (Å²) in [7, 11) is -1.92. The molecule has 1 N–H and O–H groups in total. The second kappa shape index (κ2) is 10.1. The highest BCUT2D eigenvalue weighted by Gasteiger charge is 2.18. The summed E-state index contributed by atoms with van der Waals surface area (Å²) in [5.74, 6) is 0.718. The summed E-state index contributed by atoms with van der Waals surface area (Å²) in [6.07, 6.45) is 1.85. The Morgan fingerprint density at radius 2 is 1.86 bits per heavy atom. The van der Waals surface area contributed by atoms with Crippen molar-refractivity contribution in [1.82, 2.24) is 5.32 Å². The molecule has 0 spiro atoms. The Morgan fingerprint density at radius 1 is 1.14 bits per heavy atom. The molecule has 28 heavy (non-hydrogen) atoms. The minimum atomic E-state index is -3.46. The average Bonchev–Trinajstić information content (AvgIpc) is 2.69. The van der Waals surface area contributed by atoms with Crippen LogP contribution >= 0.6 is 0 Å². The molecule has 0 unspecified atom stereocenters. The standard InChI is InChI=1S/C21H28N2O4S/c1-17(18-9-5-4-6-10-18)16-22-21(24)13-8-14-23(28(3,25)26)19-11-7-12-20(15-19)27-2/h4-7,9-12,15,17H,8,13-14,16H2,1-3H3,(H,22,24)/t17-/m0/s1. The lowest BCUT2D eigenvalue weighted by Gasteiger charge is -2.22. The van der Waals surface area contributed by atoms with Crippen molar-refractivity contribution >= 4 is 21.6 Å². The van der Waals surface area contributed by atoms with E-state index in [9.17, 15) is 13.2 Å². The van der Waals surface area contributed by atoms with Crippen molar-refractivity contribution < 1.29 is 17.9 Å².